The van der Waals surface area contributed by atoms with Crippen molar-refractivity contribution in [3.05, 3.63) is 117 Å². The van der Waals surface area contributed by atoms with Crippen LogP contribution in [0.1, 0.15) is 68.5 Å². The maximum absolute atomic E-state index is 13.5. The van der Waals surface area contributed by atoms with Crippen molar-refractivity contribution in [3.8, 4) is 0 Å². The van der Waals surface area contributed by atoms with E-state index in [2.05, 4.69) is 16.0 Å². The first-order chi connectivity index (χ1) is 22.7. The lowest BCUT2D eigenvalue weighted by atomic mass is 10.1. The number of methoxy groups -OCH3 is 1. The predicted molar refractivity (Wildman–Crippen MR) is 189 cm³/mol. The van der Waals surface area contributed by atoms with Crippen LogP contribution in [0.15, 0.2) is 89.5 Å². The molecule has 3 aromatic carbocycles. The highest BCUT2D eigenvalue weighted by atomic mass is 32.2. The standard InChI is InChI=1S/C37H37N3O5S2/c1-23-17-19-25(20-18-23)21-30(39-34(42)26-11-6-4-7-12-26)35(43)38-27-13-10-14-28(22-27)46-24(2)33(41)40-36-32(37(44)45-3)29-15-8-5-9-16-31(29)47-36/h4,6-7,10-14,17-22,24H,5,8-9,15-16H2,1-3H3,(H,38,43)(H,39,42)(H,40,41)/b30-21+. The minimum Gasteiger partial charge on any atom is -0.465 e. The van der Waals surface area contributed by atoms with Crippen LogP contribution in [0.4, 0.5) is 10.7 Å². The van der Waals surface area contributed by atoms with Crippen molar-refractivity contribution in [3.63, 3.8) is 0 Å². The molecule has 0 bridgehead atoms. The molecule has 0 fully saturated rings. The zero-order valence-corrected chi connectivity index (χ0v) is 28.2. The number of hydrogen-bond acceptors (Lipinski definition) is 7. The summed E-state index contributed by atoms with van der Waals surface area (Å²) in [5.41, 5.74) is 4.32. The van der Waals surface area contributed by atoms with Crippen LogP contribution < -0.4 is 16.0 Å². The first kappa shape index (κ1) is 33.7. The Balaban J connectivity index is 1.29. The van der Waals surface area contributed by atoms with Gasteiger partial charge < -0.3 is 20.7 Å². The summed E-state index contributed by atoms with van der Waals surface area (Å²) in [5, 5.41) is 8.66. The van der Waals surface area contributed by atoms with E-state index in [9.17, 15) is 19.2 Å². The number of thioether (sulfide) groups is 1. The van der Waals surface area contributed by atoms with E-state index in [-0.39, 0.29) is 11.6 Å². The molecule has 1 aliphatic carbocycles. The Morgan fingerprint density at radius 1 is 0.894 bits per heavy atom. The van der Waals surface area contributed by atoms with Crippen molar-refractivity contribution >= 4 is 63.6 Å². The molecule has 5 rings (SSSR count). The van der Waals surface area contributed by atoms with Gasteiger partial charge in [-0.25, -0.2) is 4.79 Å². The van der Waals surface area contributed by atoms with Crippen LogP contribution in [0.5, 0.6) is 0 Å². The molecule has 0 spiro atoms. The lowest BCUT2D eigenvalue weighted by Gasteiger charge is -2.14. The number of rotatable bonds is 10. The summed E-state index contributed by atoms with van der Waals surface area (Å²) in [6, 6.07) is 23.5. The molecule has 0 saturated heterocycles. The Morgan fingerprint density at radius 3 is 2.38 bits per heavy atom. The van der Waals surface area contributed by atoms with Crippen molar-refractivity contribution < 1.29 is 23.9 Å². The molecule has 0 aliphatic heterocycles. The van der Waals surface area contributed by atoms with Crippen molar-refractivity contribution in [2.45, 2.75) is 56.1 Å². The van der Waals surface area contributed by atoms with Crippen molar-refractivity contribution in [1.82, 2.24) is 5.32 Å². The first-order valence-electron chi connectivity index (χ1n) is 15.5. The highest BCUT2D eigenvalue weighted by Gasteiger charge is 2.27. The van der Waals surface area contributed by atoms with Gasteiger partial charge in [0, 0.05) is 21.0 Å². The molecular formula is C37H37N3O5S2. The summed E-state index contributed by atoms with van der Waals surface area (Å²) in [4.78, 5) is 54.4. The minimum absolute atomic E-state index is 0.0873. The largest absolute Gasteiger partial charge is 0.465 e. The zero-order chi connectivity index (χ0) is 33.3. The Hall–Kier alpha value is -4.67. The van der Waals surface area contributed by atoms with Crippen LogP contribution in [-0.4, -0.2) is 36.1 Å². The average Bonchev–Trinajstić information content (AvgIpc) is 3.24. The number of aryl methyl sites for hydroxylation is 2. The van der Waals surface area contributed by atoms with E-state index in [1.165, 1.54) is 30.2 Å². The number of hydrogen-bond donors (Lipinski definition) is 3. The molecule has 4 aromatic rings. The highest BCUT2D eigenvalue weighted by molar-refractivity contribution is 8.00. The number of carbonyl (C=O) groups is 4. The SMILES string of the molecule is COC(=O)c1c(NC(=O)C(C)Sc2cccc(NC(=O)/C(=C\c3ccc(C)cc3)NC(=O)c3ccccc3)c2)sc2c1CCCCC2. The number of thiophene rings is 1. The summed E-state index contributed by atoms with van der Waals surface area (Å²) < 4.78 is 5.07. The molecule has 8 nitrogen and oxygen atoms in total. The molecule has 3 N–H and O–H groups in total. The normalized spacial score (nSPS) is 13.5. The maximum Gasteiger partial charge on any atom is 0.341 e. The highest BCUT2D eigenvalue weighted by Crippen LogP contribution is 2.38. The molecule has 47 heavy (non-hydrogen) atoms. The van der Waals surface area contributed by atoms with Gasteiger partial charge in [-0.15, -0.1) is 23.1 Å². The fourth-order valence-electron chi connectivity index (χ4n) is 5.24. The second-order valence-electron chi connectivity index (χ2n) is 11.3. The average molecular weight is 668 g/mol. The molecule has 10 heteroatoms. The molecule has 242 valence electrons. The Kier molecular flexibility index (Phi) is 11.3. The summed E-state index contributed by atoms with van der Waals surface area (Å²) in [6.45, 7) is 3.77. The van der Waals surface area contributed by atoms with E-state index >= 15 is 0 Å². The zero-order valence-electron chi connectivity index (χ0n) is 26.6. The van der Waals surface area contributed by atoms with Gasteiger partial charge in [-0.1, -0.05) is 60.5 Å². The predicted octanol–water partition coefficient (Wildman–Crippen LogP) is 7.64. The third-order valence-corrected chi connectivity index (χ3v) is 10.0. The quantitative estimate of drug-likeness (QED) is 0.0694. The minimum atomic E-state index is -0.504. The molecule has 1 heterocycles. The molecule has 1 atom stereocenters. The van der Waals surface area contributed by atoms with E-state index in [0.29, 0.717) is 21.8 Å². The van der Waals surface area contributed by atoms with Gasteiger partial charge in [0.15, 0.2) is 0 Å². The molecular weight excluding hydrogens is 631 g/mol. The number of ether oxygens (including phenoxy) is 1. The fourth-order valence-corrected chi connectivity index (χ4v) is 7.44. The number of carbonyl (C=O) groups excluding carboxylic acids is 4. The van der Waals surface area contributed by atoms with Crippen molar-refractivity contribution in [2.75, 3.05) is 17.7 Å². The number of fused-ring (bicyclic) bond motifs is 1. The van der Waals surface area contributed by atoms with Gasteiger partial charge in [0.2, 0.25) is 5.91 Å². The number of esters is 1. The molecule has 0 radical (unpaired) electrons. The lowest BCUT2D eigenvalue weighted by molar-refractivity contribution is -0.115. The molecule has 3 amide bonds. The van der Waals surface area contributed by atoms with Gasteiger partial charge in [-0.3, -0.25) is 14.4 Å². The summed E-state index contributed by atoms with van der Waals surface area (Å²) in [6.07, 6.45) is 6.50. The third-order valence-electron chi connectivity index (χ3n) is 7.74. The molecule has 1 aliphatic rings. The Labute approximate surface area is 283 Å². The monoisotopic (exact) mass is 667 g/mol. The van der Waals surface area contributed by atoms with Crippen molar-refractivity contribution in [1.29, 1.82) is 0 Å². The van der Waals surface area contributed by atoms with E-state index in [4.69, 9.17) is 4.74 Å². The second-order valence-corrected chi connectivity index (χ2v) is 13.8. The van der Waals surface area contributed by atoms with E-state index in [1.807, 2.05) is 43.3 Å². The number of benzene rings is 3. The molecule has 0 saturated carbocycles. The summed E-state index contributed by atoms with van der Waals surface area (Å²) in [5.74, 6) is -1.56. The van der Waals surface area contributed by atoms with Gasteiger partial charge in [0.25, 0.3) is 11.8 Å². The van der Waals surface area contributed by atoms with Crippen LogP contribution in [0.2, 0.25) is 0 Å². The van der Waals surface area contributed by atoms with E-state index < -0.39 is 23.0 Å². The van der Waals surface area contributed by atoms with Crippen molar-refractivity contribution in [2.24, 2.45) is 0 Å². The summed E-state index contributed by atoms with van der Waals surface area (Å²) in [7, 11) is 1.36. The topological polar surface area (TPSA) is 114 Å². The van der Waals surface area contributed by atoms with Gasteiger partial charge in [-0.05, 0) is 87.1 Å². The van der Waals surface area contributed by atoms with Gasteiger partial charge in [0.1, 0.15) is 10.7 Å². The van der Waals surface area contributed by atoms with Crippen LogP contribution in [0.3, 0.4) is 0 Å². The van der Waals surface area contributed by atoms with E-state index in [1.54, 1.807) is 55.5 Å². The molecule has 1 unspecified atom stereocenters. The summed E-state index contributed by atoms with van der Waals surface area (Å²) >= 11 is 2.79. The van der Waals surface area contributed by atoms with Gasteiger partial charge in [0.05, 0.1) is 17.9 Å². The van der Waals surface area contributed by atoms with Crippen LogP contribution in [0, 0.1) is 6.92 Å². The van der Waals surface area contributed by atoms with E-state index in [0.717, 1.165) is 58.6 Å². The first-order valence-corrected chi connectivity index (χ1v) is 17.2. The Morgan fingerprint density at radius 2 is 1.64 bits per heavy atom. The van der Waals surface area contributed by atoms with Gasteiger partial charge >= 0.3 is 5.97 Å². The third kappa shape index (κ3) is 8.78. The second kappa shape index (κ2) is 15.8. The number of anilines is 2. The van der Waals surface area contributed by atoms with Gasteiger partial charge in [-0.2, -0.15) is 0 Å². The number of nitrogens with one attached hydrogen (secondary N) is 3. The fraction of sp³-hybridized carbons (Fsp3) is 0.243. The number of amides is 3. The Bertz CT molecular complexity index is 1800. The smallest absolute Gasteiger partial charge is 0.341 e. The molecule has 1 aromatic heterocycles. The lowest BCUT2D eigenvalue weighted by Crippen LogP contribution is -2.30. The van der Waals surface area contributed by atoms with Crippen LogP contribution in [-0.2, 0) is 27.2 Å². The van der Waals surface area contributed by atoms with Crippen LogP contribution >= 0.6 is 23.1 Å². The maximum atomic E-state index is 13.5. The van der Waals surface area contributed by atoms with Crippen LogP contribution in [0.25, 0.3) is 6.08 Å².